The lowest BCUT2D eigenvalue weighted by Gasteiger charge is -2.35. The molecule has 1 heterocycles. The van der Waals surface area contributed by atoms with Crippen LogP contribution in [0.3, 0.4) is 0 Å². The number of piperidine rings is 1. The van der Waals surface area contributed by atoms with Gasteiger partial charge < -0.3 is 9.47 Å². The van der Waals surface area contributed by atoms with Gasteiger partial charge in [0.15, 0.2) is 0 Å². The van der Waals surface area contributed by atoms with Gasteiger partial charge >= 0.3 is 5.97 Å². The minimum absolute atomic E-state index is 0.0543. The lowest BCUT2D eigenvalue weighted by atomic mass is 9.99. The molecule has 0 aromatic carbocycles. The summed E-state index contributed by atoms with van der Waals surface area (Å²) < 4.78 is 10.3. The van der Waals surface area contributed by atoms with Crippen LogP contribution in [0.15, 0.2) is 0 Å². The maximum absolute atomic E-state index is 11.7. The molecule has 1 saturated heterocycles. The topological polar surface area (TPSA) is 38.8 Å². The molecule has 0 bridgehead atoms. The Bertz CT molecular complexity index is 253. The van der Waals surface area contributed by atoms with Gasteiger partial charge in [-0.25, -0.2) is 0 Å². The Balaban J connectivity index is 2.51. The first-order chi connectivity index (χ1) is 8.00. The maximum atomic E-state index is 11.7. The second-order valence-corrected chi connectivity index (χ2v) is 5.28. The molecule has 0 aromatic heterocycles. The largest absolute Gasteiger partial charge is 0.468 e. The van der Waals surface area contributed by atoms with Crippen molar-refractivity contribution in [2.75, 3.05) is 27.3 Å². The summed E-state index contributed by atoms with van der Waals surface area (Å²) in [5.74, 6) is -0.0973. The molecule has 1 aliphatic rings. The summed E-state index contributed by atoms with van der Waals surface area (Å²) >= 11 is 0. The Hall–Kier alpha value is -0.610. The van der Waals surface area contributed by atoms with Crippen LogP contribution < -0.4 is 0 Å². The van der Waals surface area contributed by atoms with Gasteiger partial charge in [-0.15, -0.1) is 0 Å². The third-order valence-corrected chi connectivity index (χ3v) is 3.64. The molecule has 1 aliphatic heterocycles. The predicted molar refractivity (Wildman–Crippen MR) is 66.9 cm³/mol. The van der Waals surface area contributed by atoms with Crippen molar-refractivity contribution in [1.29, 1.82) is 0 Å². The summed E-state index contributed by atoms with van der Waals surface area (Å²) in [7, 11) is 3.20. The summed E-state index contributed by atoms with van der Waals surface area (Å²) in [4.78, 5) is 13.9. The minimum atomic E-state index is -0.127. The second kappa shape index (κ2) is 6.36. The van der Waals surface area contributed by atoms with E-state index in [1.807, 2.05) is 0 Å². The van der Waals surface area contributed by atoms with E-state index in [-0.39, 0.29) is 17.6 Å². The van der Waals surface area contributed by atoms with Gasteiger partial charge in [-0.3, -0.25) is 9.69 Å². The molecule has 0 N–H and O–H groups in total. The zero-order chi connectivity index (χ0) is 12.9. The van der Waals surface area contributed by atoms with E-state index in [0.717, 1.165) is 32.4 Å². The average Bonchev–Trinajstić information content (AvgIpc) is 2.36. The number of methoxy groups -OCH3 is 2. The monoisotopic (exact) mass is 243 g/mol. The molecule has 1 atom stereocenters. The summed E-state index contributed by atoms with van der Waals surface area (Å²) in [6.07, 6.45) is 4.13. The van der Waals surface area contributed by atoms with Gasteiger partial charge in [-0.05, 0) is 39.7 Å². The lowest BCUT2D eigenvalue weighted by molar-refractivity contribution is -0.148. The van der Waals surface area contributed by atoms with Crippen LogP contribution in [0, 0.1) is 0 Å². The highest BCUT2D eigenvalue weighted by Gasteiger charge is 2.30. The van der Waals surface area contributed by atoms with Gasteiger partial charge in [0, 0.05) is 13.7 Å². The van der Waals surface area contributed by atoms with Gasteiger partial charge in [0.2, 0.25) is 0 Å². The SMILES string of the molecule is COC(=O)C1CCCCN1CCC(C)(C)OC. The van der Waals surface area contributed by atoms with Crippen LogP contribution in [0.5, 0.6) is 0 Å². The minimum Gasteiger partial charge on any atom is -0.468 e. The number of hydrogen-bond donors (Lipinski definition) is 0. The second-order valence-electron chi connectivity index (χ2n) is 5.28. The molecule has 0 saturated carbocycles. The zero-order valence-corrected chi connectivity index (χ0v) is 11.5. The van der Waals surface area contributed by atoms with Crippen molar-refractivity contribution in [3.05, 3.63) is 0 Å². The first kappa shape index (κ1) is 14.5. The quantitative estimate of drug-likeness (QED) is 0.691. The fraction of sp³-hybridized carbons (Fsp3) is 0.923. The van der Waals surface area contributed by atoms with Crippen molar-refractivity contribution in [3.8, 4) is 0 Å². The Kier molecular flexibility index (Phi) is 5.40. The predicted octanol–water partition coefficient (Wildman–Crippen LogP) is 1.83. The molecule has 4 heteroatoms. The molecular weight excluding hydrogens is 218 g/mol. The molecule has 1 fully saturated rings. The first-order valence-electron chi connectivity index (χ1n) is 6.37. The number of carbonyl (C=O) groups excluding carboxylic acids is 1. The van der Waals surface area contributed by atoms with Crippen LogP contribution in [0.2, 0.25) is 0 Å². The molecule has 1 rings (SSSR count). The molecule has 4 nitrogen and oxygen atoms in total. The number of ether oxygens (including phenoxy) is 2. The highest BCUT2D eigenvalue weighted by Crippen LogP contribution is 2.21. The number of likely N-dealkylation sites (tertiary alicyclic amines) is 1. The Morgan fingerprint density at radius 1 is 1.35 bits per heavy atom. The van der Waals surface area contributed by atoms with E-state index < -0.39 is 0 Å². The summed E-state index contributed by atoms with van der Waals surface area (Å²) in [5.41, 5.74) is -0.127. The Morgan fingerprint density at radius 3 is 2.65 bits per heavy atom. The number of hydrogen-bond acceptors (Lipinski definition) is 4. The van der Waals surface area contributed by atoms with Crippen molar-refractivity contribution < 1.29 is 14.3 Å². The highest BCUT2D eigenvalue weighted by molar-refractivity contribution is 5.75. The molecule has 1 unspecified atom stereocenters. The summed E-state index contributed by atoms with van der Waals surface area (Å²) in [6.45, 7) is 6.02. The summed E-state index contributed by atoms with van der Waals surface area (Å²) in [6, 6.07) is -0.0543. The van der Waals surface area contributed by atoms with Gasteiger partial charge in [-0.2, -0.15) is 0 Å². The van der Waals surface area contributed by atoms with E-state index in [1.165, 1.54) is 13.5 Å². The van der Waals surface area contributed by atoms with Gasteiger partial charge in [0.05, 0.1) is 12.7 Å². The van der Waals surface area contributed by atoms with Crippen molar-refractivity contribution >= 4 is 5.97 Å². The van der Waals surface area contributed by atoms with E-state index in [0.29, 0.717) is 0 Å². The van der Waals surface area contributed by atoms with E-state index in [4.69, 9.17) is 9.47 Å². The Labute approximate surface area is 104 Å². The van der Waals surface area contributed by atoms with Crippen molar-refractivity contribution in [3.63, 3.8) is 0 Å². The van der Waals surface area contributed by atoms with Crippen LogP contribution in [0.1, 0.15) is 39.5 Å². The van der Waals surface area contributed by atoms with E-state index >= 15 is 0 Å². The molecule has 0 aliphatic carbocycles. The molecule has 17 heavy (non-hydrogen) atoms. The molecule has 0 amide bonds. The zero-order valence-electron chi connectivity index (χ0n) is 11.5. The van der Waals surface area contributed by atoms with Crippen molar-refractivity contribution in [1.82, 2.24) is 4.90 Å². The number of carbonyl (C=O) groups is 1. The summed E-state index contributed by atoms with van der Waals surface area (Å²) in [5, 5.41) is 0. The van der Waals surface area contributed by atoms with Crippen molar-refractivity contribution in [2.45, 2.75) is 51.2 Å². The standard InChI is InChI=1S/C13H25NO3/c1-13(2,17-4)8-10-14-9-6-5-7-11(14)12(15)16-3/h11H,5-10H2,1-4H3. The normalized spacial score (nSPS) is 22.5. The van der Waals surface area contributed by atoms with Gasteiger partial charge in [-0.1, -0.05) is 6.42 Å². The third-order valence-electron chi connectivity index (χ3n) is 3.64. The van der Waals surface area contributed by atoms with E-state index in [1.54, 1.807) is 7.11 Å². The molecular formula is C13H25NO3. The molecule has 0 radical (unpaired) electrons. The number of rotatable bonds is 5. The van der Waals surface area contributed by atoms with Crippen LogP contribution in [-0.2, 0) is 14.3 Å². The maximum Gasteiger partial charge on any atom is 0.323 e. The van der Waals surface area contributed by atoms with Gasteiger partial charge in [0.25, 0.3) is 0 Å². The smallest absolute Gasteiger partial charge is 0.323 e. The van der Waals surface area contributed by atoms with Gasteiger partial charge in [0.1, 0.15) is 6.04 Å². The Morgan fingerprint density at radius 2 is 2.06 bits per heavy atom. The molecule has 0 aromatic rings. The fourth-order valence-corrected chi connectivity index (χ4v) is 2.18. The molecule has 100 valence electrons. The van der Waals surface area contributed by atoms with Crippen LogP contribution in [0.25, 0.3) is 0 Å². The highest BCUT2D eigenvalue weighted by atomic mass is 16.5. The van der Waals surface area contributed by atoms with E-state index in [9.17, 15) is 4.79 Å². The third kappa shape index (κ3) is 4.28. The average molecular weight is 243 g/mol. The van der Waals surface area contributed by atoms with Crippen molar-refractivity contribution in [2.24, 2.45) is 0 Å². The fourth-order valence-electron chi connectivity index (χ4n) is 2.18. The van der Waals surface area contributed by atoms with Crippen LogP contribution in [-0.4, -0.2) is 49.8 Å². The number of esters is 1. The van der Waals surface area contributed by atoms with Crippen LogP contribution in [0.4, 0.5) is 0 Å². The lowest BCUT2D eigenvalue weighted by Crippen LogP contribution is -2.47. The number of nitrogens with zero attached hydrogens (tertiary/aromatic N) is 1. The molecule has 0 spiro atoms. The van der Waals surface area contributed by atoms with E-state index in [2.05, 4.69) is 18.7 Å². The first-order valence-corrected chi connectivity index (χ1v) is 6.37. The van der Waals surface area contributed by atoms with Crippen LogP contribution >= 0.6 is 0 Å².